The van der Waals surface area contributed by atoms with Crippen molar-refractivity contribution in [3.05, 3.63) is 35.4 Å². The van der Waals surface area contributed by atoms with E-state index in [2.05, 4.69) is 26.1 Å². The zero-order chi connectivity index (χ0) is 14.3. The topological polar surface area (TPSA) is 55.1 Å². The molecule has 0 saturated carbocycles. The van der Waals surface area contributed by atoms with Gasteiger partial charge in [-0.1, -0.05) is 38.8 Å². The molecule has 0 saturated heterocycles. The Balaban J connectivity index is 2.40. The van der Waals surface area contributed by atoms with Crippen LogP contribution in [0.5, 0.6) is 0 Å². The van der Waals surface area contributed by atoms with Gasteiger partial charge >= 0.3 is 0 Å². The summed E-state index contributed by atoms with van der Waals surface area (Å²) in [6.07, 6.45) is 3.40. The predicted molar refractivity (Wildman–Crippen MR) is 80.0 cm³/mol. The van der Waals surface area contributed by atoms with E-state index in [9.17, 15) is 4.79 Å². The first kappa shape index (κ1) is 15.7. The third-order valence-electron chi connectivity index (χ3n) is 3.25. The molecule has 1 unspecified atom stereocenters. The van der Waals surface area contributed by atoms with E-state index in [4.69, 9.17) is 5.73 Å². The fourth-order valence-corrected chi connectivity index (χ4v) is 2.00. The second-order valence-electron chi connectivity index (χ2n) is 5.60. The van der Waals surface area contributed by atoms with E-state index in [-0.39, 0.29) is 11.9 Å². The van der Waals surface area contributed by atoms with Crippen LogP contribution >= 0.6 is 0 Å². The van der Waals surface area contributed by atoms with Crippen molar-refractivity contribution in [2.75, 3.05) is 0 Å². The fourth-order valence-electron chi connectivity index (χ4n) is 2.00. The summed E-state index contributed by atoms with van der Waals surface area (Å²) in [5.41, 5.74) is 7.28. The number of rotatable bonds is 7. The molecule has 1 aromatic carbocycles. The Morgan fingerprint density at radius 3 is 2.32 bits per heavy atom. The van der Waals surface area contributed by atoms with E-state index < -0.39 is 0 Å². The van der Waals surface area contributed by atoms with Crippen molar-refractivity contribution < 1.29 is 4.79 Å². The number of benzene rings is 1. The van der Waals surface area contributed by atoms with Gasteiger partial charge in [-0.05, 0) is 37.0 Å². The molecule has 0 bridgehead atoms. The lowest BCUT2D eigenvalue weighted by atomic mass is 10.0. The summed E-state index contributed by atoms with van der Waals surface area (Å²) >= 11 is 0. The van der Waals surface area contributed by atoms with Crippen LogP contribution < -0.4 is 11.1 Å². The lowest BCUT2D eigenvalue weighted by molar-refractivity contribution is 0.0938. The molecule has 19 heavy (non-hydrogen) atoms. The minimum Gasteiger partial charge on any atom is -0.350 e. The number of nitrogens with two attached hydrogens (primary N) is 1. The fraction of sp³-hybridized carbons (Fsp3) is 0.562. The smallest absolute Gasteiger partial charge is 0.251 e. The summed E-state index contributed by atoms with van der Waals surface area (Å²) < 4.78 is 0. The molecule has 106 valence electrons. The van der Waals surface area contributed by atoms with Crippen LogP contribution in [0, 0.1) is 5.92 Å². The minimum absolute atomic E-state index is 0.000573. The highest BCUT2D eigenvalue weighted by Crippen LogP contribution is 2.09. The van der Waals surface area contributed by atoms with Crippen molar-refractivity contribution in [2.24, 2.45) is 11.7 Å². The summed E-state index contributed by atoms with van der Waals surface area (Å²) in [5, 5.41) is 3.04. The predicted octanol–water partition coefficient (Wildman–Crippen LogP) is 3.09. The van der Waals surface area contributed by atoms with Crippen LogP contribution in [-0.2, 0) is 6.54 Å². The van der Waals surface area contributed by atoms with Crippen molar-refractivity contribution >= 4 is 5.91 Å². The van der Waals surface area contributed by atoms with E-state index in [0.29, 0.717) is 12.1 Å². The molecule has 0 radical (unpaired) electrons. The number of nitrogens with one attached hydrogen (secondary N) is 1. The Kier molecular flexibility index (Phi) is 6.57. The molecule has 0 aliphatic heterocycles. The van der Waals surface area contributed by atoms with Gasteiger partial charge in [0.15, 0.2) is 0 Å². The first-order chi connectivity index (χ1) is 9.02. The molecular weight excluding hydrogens is 236 g/mol. The standard InChI is InChI=1S/C16H26N2O/c1-12(2)5-4-6-13(3)18-16(19)15-9-7-14(11-17)8-10-15/h7-10,12-13H,4-6,11,17H2,1-3H3,(H,18,19). The number of carbonyl (C=O) groups is 1. The van der Waals surface area contributed by atoms with Crippen LogP contribution in [0.2, 0.25) is 0 Å². The quantitative estimate of drug-likeness (QED) is 0.793. The van der Waals surface area contributed by atoms with Crippen LogP contribution in [0.1, 0.15) is 56.0 Å². The molecule has 3 N–H and O–H groups in total. The molecule has 3 nitrogen and oxygen atoms in total. The second kappa shape index (κ2) is 7.95. The number of hydrogen-bond donors (Lipinski definition) is 2. The lowest BCUT2D eigenvalue weighted by Gasteiger charge is -2.14. The summed E-state index contributed by atoms with van der Waals surface area (Å²) in [4.78, 5) is 12.0. The van der Waals surface area contributed by atoms with E-state index in [1.54, 1.807) is 0 Å². The first-order valence-electron chi connectivity index (χ1n) is 7.12. The van der Waals surface area contributed by atoms with Crippen molar-refractivity contribution in [1.29, 1.82) is 0 Å². The van der Waals surface area contributed by atoms with Crippen LogP contribution in [0.15, 0.2) is 24.3 Å². The minimum atomic E-state index is 0.000573. The Labute approximate surface area is 116 Å². The molecule has 3 heteroatoms. The maximum Gasteiger partial charge on any atom is 0.251 e. The molecule has 1 aromatic rings. The number of amides is 1. The average molecular weight is 262 g/mol. The van der Waals surface area contributed by atoms with Gasteiger partial charge in [0.05, 0.1) is 0 Å². The van der Waals surface area contributed by atoms with Crippen molar-refractivity contribution in [3.8, 4) is 0 Å². The van der Waals surface area contributed by atoms with E-state index in [1.807, 2.05) is 24.3 Å². The van der Waals surface area contributed by atoms with E-state index in [0.717, 1.165) is 24.3 Å². The zero-order valence-corrected chi connectivity index (χ0v) is 12.3. The van der Waals surface area contributed by atoms with Gasteiger partial charge in [-0.2, -0.15) is 0 Å². The van der Waals surface area contributed by atoms with Crippen LogP contribution in [-0.4, -0.2) is 11.9 Å². The van der Waals surface area contributed by atoms with Crippen molar-refractivity contribution in [1.82, 2.24) is 5.32 Å². The molecule has 0 fully saturated rings. The second-order valence-corrected chi connectivity index (χ2v) is 5.60. The SMILES string of the molecule is CC(C)CCCC(C)NC(=O)c1ccc(CN)cc1. The van der Waals surface area contributed by atoms with Gasteiger partial charge < -0.3 is 11.1 Å². The molecule has 0 aliphatic rings. The Morgan fingerprint density at radius 1 is 1.16 bits per heavy atom. The third kappa shape index (κ3) is 5.88. The Hall–Kier alpha value is -1.35. The molecule has 1 amide bonds. The summed E-state index contributed by atoms with van der Waals surface area (Å²) in [7, 11) is 0. The Bertz CT molecular complexity index is 384. The van der Waals surface area contributed by atoms with E-state index in [1.165, 1.54) is 6.42 Å². The zero-order valence-electron chi connectivity index (χ0n) is 12.3. The van der Waals surface area contributed by atoms with Gasteiger partial charge in [0.25, 0.3) is 5.91 Å². The highest BCUT2D eigenvalue weighted by Gasteiger charge is 2.09. The van der Waals surface area contributed by atoms with Gasteiger partial charge in [0, 0.05) is 18.2 Å². The maximum absolute atomic E-state index is 12.0. The molecule has 0 spiro atoms. The van der Waals surface area contributed by atoms with Crippen LogP contribution in [0.3, 0.4) is 0 Å². The molecule has 1 atom stereocenters. The summed E-state index contributed by atoms with van der Waals surface area (Å²) in [6.45, 7) is 7.02. The number of hydrogen-bond acceptors (Lipinski definition) is 2. The monoisotopic (exact) mass is 262 g/mol. The largest absolute Gasteiger partial charge is 0.350 e. The Morgan fingerprint density at radius 2 is 1.79 bits per heavy atom. The molecule has 1 rings (SSSR count). The van der Waals surface area contributed by atoms with Crippen molar-refractivity contribution in [2.45, 2.75) is 52.6 Å². The van der Waals surface area contributed by atoms with Gasteiger partial charge in [0.2, 0.25) is 0 Å². The average Bonchev–Trinajstić information content (AvgIpc) is 2.38. The summed E-state index contributed by atoms with van der Waals surface area (Å²) in [6, 6.07) is 7.69. The molecule has 0 heterocycles. The molecule has 0 aromatic heterocycles. The highest BCUT2D eigenvalue weighted by atomic mass is 16.1. The molecule has 0 aliphatic carbocycles. The van der Waals surface area contributed by atoms with E-state index >= 15 is 0 Å². The highest BCUT2D eigenvalue weighted by molar-refractivity contribution is 5.94. The first-order valence-corrected chi connectivity index (χ1v) is 7.12. The van der Waals surface area contributed by atoms with Gasteiger partial charge in [0.1, 0.15) is 0 Å². The third-order valence-corrected chi connectivity index (χ3v) is 3.25. The van der Waals surface area contributed by atoms with Gasteiger partial charge in [-0.3, -0.25) is 4.79 Å². The van der Waals surface area contributed by atoms with Gasteiger partial charge in [-0.25, -0.2) is 0 Å². The van der Waals surface area contributed by atoms with Crippen molar-refractivity contribution in [3.63, 3.8) is 0 Å². The normalized spacial score (nSPS) is 12.5. The maximum atomic E-state index is 12.0. The van der Waals surface area contributed by atoms with Crippen LogP contribution in [0.4, 0.5) is 0 Å². The lowest BCUT2D eigenvalue weighted by Crippen LogP contribution is -2.32. The summed E-state index contributed by atoms with van der Waals surface area (Å²) in [5.74, 6) is 0.729. The molecular formula is C16H26N2O. The van der Waals surface area contributed by atoms with Gasteiger partial charge in [-0.15, -0.1) is 0 Å². The van der Waals surface area contributed by atoms with Crippen LogP contribution in [0.25, 0.3) is 0 Å². The number of carbonyl (C=O) groups excluding carboxylic acids is 1.